The van der Waals surface area contributed by atoms with E-state index in [2.05, 4.69) is 39.8 Å². The second-order valence-corrected chi connectivity index (χ2v) is 7.48. The summed E-state index contributed by atoms with van der Waals surface area (Å²) in [7, 11) is 0. The number of nitrogens with one attached hydrogen (secondary N) is 1. The molecule has 0 radical (unpaired) electrons. The van der Waals surface area contributed by atoms with E-state index in [4.69, 9.17) is 0 Å². The van der Waals surface area contributed by atoms with E-state index in [0.717, 1.165) is 25.6 Å². The summed E-state index contributed by atoms with van der Waals surface area (Å²) >= 11 is 0. The summed E-state index contributed by atoms with van der Waals surface area (Å²) in [6, 6.07) is 0. The number of aromatic nitrogens is 2. The molecule has 1 aromatic heterocycles. The highest BCUT2D eigenvalue weighted by Gasteiger charge is 2.36. The molecule has 1 saturated carbocycles. The average Bonchev–Trinajstić information content (AvgIpc) is 3.07. The van der Waals surface area contributed by atoms with Gasteiger partial charge in [-0.1, -0.05) is 26.7 Å². The summed E-state index contributed by atoms with van der Waals surface area (Å²) in [5.41, 5.74) is 0.504. The molecule has 0 amide bonds. The third kappa shape index (κ3) is 3.67. The van der Waals surface area contributed by atoms with Gasteiger partial charge in [0.2, 0.25) is 0 Å². The van der Waals surface area contributed by atoms with Crippen molar-refractivity contribution in [3.05, 3.63) is 18.2 Å². The van der Waals surface area contributed by atoms with Crippen LogP contribution in [-0.2, 0) is 13.1 Å². The van der Waals surface area contributed by atoms with Crippen LogP contribution in [0.15, 0.2) is 12.4 Å². The van der Waals surface area contributed by atoms with Crippen molar-refractivity contribution in [3.63, 3.8) is 0 Å². The van der Waals surface area contributed by atoms with E-state index in [1.54, 1.807) is 0 Å². The fourth-order valence-electron chi connectivity index (χ4n) is 3.97. The van der Waals surface area contributed by atoms with Gasteiger partial charge in [0.05, 0.1) is 6.54 Å². The number of imidazole rings is 1. The Morgan fingerprint density at radius 1 is 1.29 bits per heavy atom. The Labute approximate surface area is 128 Å². The van der Waals surface area contributed by atoms with Crippen molar-refractivity contribution in [2.24, 2.45) is 11.3 Å². The van der Waals surface area contributed by atoms with E-state index in [9.17, 15) is 0 Å². The van der Waals surface area contributed by atoms with Gasteiger partial charge in [0.25, 0.3) is 0 Å². The summed E-state index contributed by atoms with van der Waals surface area (Å²) in [5.74, 6) is 1.98. The Morgan fingerprint density at radius 3 is 2.86 bits per heavy atom. The van der Waals surface area contributed by atoms with Crippen molar-refractivity contribution in [2.45, 2.75) is 52.6 Å². The Hall–Kier alpha value is -0.870. The largest absolute Gasteiger partial charge is 0.333 e. The van der Waals surface area contributed by atoms with E-state index in [-0.39, 0.29) is 0 Å². The van der Waals surface area contributed by atoms with Crippen LogP contribution in [-0.4, -0.2) is 40.6 Å². The molecular weight excluding hydrogens is 260 g/mol. The minimum Gasteiger partial charge on any atom is -0.333 e. The molecule has 2 heterocycles. The maximum atomic E-state index is 4.50. The van der Waals surface area contributed by atoms with Gasteiger partial charge in [0.1, 0.15) is 5.82 Å². The van der Waals surface area contributed by atoms with E-state index >= 15 is 0 Å². The summed E-state index contributed by atoms with van der Waals surface area (Å²) in [6.45, 7) is 11.5. The first kappa shape index (κ1) is 15.0. The molecule has 4 heteroatoms. The molecule has 1 aliphatic heterocycles. The van der Waals surface area contributed by atoms with Crippen LogP contribution >= 0.6 is 0 Å². The number of fused-ring (bicyclic) bond motifs is 1. The lowest BCUT2D eigenvalue weighted by molar-refractivity contribution is 0.121. The molecule has 118 valence electrons. The molecule has 0 bridgehead atoms. The Kier molecular flexibility index (Phi) is 4.65. The molecule has 3 rings (SSSR count). The molecular formula is C17H30N4. The predicted octanol–water partition coefficient (Wildman–Crippen LogP) is 2.50. The van der Waals surface area contributed by atoms with Gasteiger partial charge >= 0.3 is 0 Å². The molecule has 2 aliphatic rings. The summed E-state index contributed by atoms with van der Waals surface area (Å²) in [6.07, 6.45) is 9.65. The Morgan fingerprint density at radius 2 is 2.10 bits per heavy atom. The molecule has 0 spiro atoms. The van der Waals surface area contributed by atoms with Crippen molar-refractivity contribution in [3.8, 4) is 0 Å². The minimum atomic E-state index is 0.504. The van der Waals surface area contributed by atoms with Crippen LogP contribution in [0, 0.1) is 11.3 Å². The van der Waals surface area contributed by atoms with Crippen molar-refractivity contribution in [1.82, 2.24) is 19.8 Å². The zero-order chi connectivity index (χ0) is 14.7. The number of nitrogens with zero attached hydrogens (tertiary/aromatic N) is 3. The molecule has 1 N–H and O–H groups in total. The normalized spacial score (nSPS) is 21.9. The summed E-state index contributed by atoms with van der Waals surface area (Å²) < 4.78 is 2.30. The highest BCUT2D eigenvalue weighted by atomic mass is 15.2. The molecule has 0 unspecified atom stereocenters. The lowest BCUT2D eigenvalue weighted by atomic mass is 9.85. The third-order valence-electron chi connectivity index (χ3n) is 5.10. The smallest absolute Gasteiger partial charge is 0.122 e. The van der Waals surface area contributed by atoms with Gasteiger partial charge in [-0.25, -0.2) is 4.98 Å². The van der Waals surface area contributed by atoms with Crippen LogP contribution < -0.4 is 5.32 Å². The SMILES string of the molecule is CC(C)CNCC1(CN2CCn3ccnc3C2)CCCC1. The van der Waals surface area contributed by atoms with Crippen molar-refractivity contribution < 1.29 is 0 Å². The number of rotatable bonds is 6. The molecule has 4 nitrogen and oxygen atoms in total. The van der Waals surface area contributed by atoms with Gasteiger partial charge in [0, 0.05) is 38.6 Å². The van der Waals surface area contributed by atoms with Gasteiger partial charge < -0.3 is 9.88 Å². The lowest BCUT2D eigenvalue weighted by Gasteiger charge is -2.37. The second kappa shape index (κ2) is 6.49. The standard InChI is InChI=1S/C17H30N4/c1-15(2)11-18-13-17(5-3-4-6-17)14-20-9-10-21-8-7-19-16(21)12-20/h7-8,15,18H,3-6,9-14H2,1-2H3. The zero-order valence-electron chi connectivity index (χ0n) is 13.6. The van der Waals surface area contributed by atoms with Crippen LogP contribution in [0.3, 0.4) is 0 Å². The maximum absolute atomic E-state index is 4.50. The zero-order valence-corrected chi connectivity index (χ0v) is 13.6. The lowest BCUT2D eigenvalue weighted by Crippen LogP contribution is -2.45. The van der Waals surface area contributed by atoms with E-state index in [1.165, 1.54) is 51.1 Å². The highest BCUT2D eigenvalue weighted by Crippen LogP contribution is 2.38. The van der Waals surface area contributed by atoms with E-state index in [1.807, 2.05) is 6.20 Å². The van der Waals surface area contributed by atoms with Gasteiger partial charge in [-0.15, -0.1) is 0 Å². The first-order valence-electron chi connectivity index (χ1n) is 8.60. The van der Waals surface area contributed by atoms with Crippen molar-refractivity contribution in [1.29, 1.82) is 0 Å². The quantitative estimate of drug-likeness (QED) is 0.874. The Bertz CT molecular complexity index is 445. The molecule has 1 aromatic rings. The van der Waals surface area contributed by atoms with E-state index in [0.29, 0.717) is 5.41 Å². The van der Waals surface area contributed by atoms with Gasteiger partial charge in [-0.3, -0.25) is 4.90 Å². The van der Waals surface area contributed by atoms with Crippen LogP contribution in [0.2, 0.25) is 0 Å². The second-order valence-electron chi connectivity index (χ2n) is 7.48. The van der Waals surface area contributed by atoms with Crippen molar-refractivity contribution >= 4 is 0 Å². The topological polar surface area (TPSA) is 33.1 Å². The number of hydrogen-bond acceptors (Lipinski definition) is 3. The fraction of sp³-hybridized carbons (Fsp3) is 0.824. The average molecular weight is 290 g/mol. The van der Waals surface area contributed by atoms with Crippen LogP contribution in [0.25, 0.3) is 0 Å². The fourth-order valence-corrected chi connectivity index (χ4v) is 3.97. The molecule has 1 aliphatic carbocycles. The minimum absolute atomic E-state index is 0.504. The highest BCUT2D eigenvalue weighted by molar-refractivity contribution is 4.98. The summed E-state index contributed by atoms with van der Waals surface area (Å²) in [4.78, 5) is 7.12. The van der Waals surface area contributed by atoms with Gasteiger partial charge in [0.15, 0.2) is 0 Å². The van der Waals surface area contributed by atoms with Crippen LogP contribution in [0.4, 0.5) is 0 Å². The maximum Gasteiger partial charge on any atom is 0.122 e. The third-order valence-corrected chi connectivity index (χ3v) is 5.10. The van der Waals surface area contributed by atoms with Gasteiger partial charge in [-0.2, -0.15) is 0 Å². The van der Waals surface area contributed by atoms with Crippen molar-refractivity contribution in [2.75, 3.05) is 26.2 Å². The van der Waals surface area contributed by atoms with Gasteiger partial charge in [-0.05, 0) is 30.7 Å². The van der Waals surface area contributed by atoms with E-state index < -0.39 is 0 Å². The molecule has 21 heavy (non-hydrogen) atoms. The first-order chi connectivity index (χ1) is 10.2. The van der Waals surface area contributed by atoms with Crippen LogP contribution in [0.5, 0.6) is 0 Å². The molecule has 0 atom stereocenters. The number of hydrogen-bond donors (Lipinski definition) is 1. The molecule has 0 aromatic carbocycles. The summed E-state index contributed by atoms with van der Waals surface area (Å²) in [5, 5.41) is 3.72. The Balaban J connectivity index is 1.58. The monoisotopic (exact) mass is 290 g/mol. The van der Waals surface area contributed by atoms with Crippen LogP contribution in [0.1, 0.15) is 45.4 Å². The predicted molar refractivity (Wildman–Crippen MR) is 86.1 cm³/mol. The molecule has 1 fully saturated rings. The first-order valence-corrected chi connectivity index (χ1v) is 8.60. The molecule has 0 saturated heterocycles.